The van der Waals surface area contributed by atoms with Gasteiger partial charge in [0.15, 0.2) is 0 Å². The van der Waals surface area contributed by atoms with Crippen molar-refractivity contribution < 1.29 is 4.74 Å². The Labute approximate surface area is 102 Å². The van der Waals surface area contributed by atoms with Gasteiger partial charge in [-0.15, -0.1) is 11.3 Å². The van der Waals surface area contributed by atoms with Crippen molar-refractivity contribution in [2.45, 2.75) is 25.4 Å². The van der Waals surface area contributed by atoms with E-state index in [0.717, 1.165) is 41.9 Å². The molecule has 3 nitrogen and oxygen atoms in total. The van der Waals surface area contributed by atoms with Crippen molar-refractivity contribution in [2.24, 2.45) is 0 Å². The molecule has 0 spiro atoms. The lowest BCUT2D eigenvalue weighted by Gasteiger charge is -2.07. The summed E-state index contributed by atoms with van der Waals surface area (Å²) in [7, 11) is 0. The Bertz CT molecular complexity index is 508. The number of fused-ring (bicyclic) bond motifs is 1. The zero-order valence-electron chi connectivity index (χ0n) is 8.65. The lowest BCUT2D eigenvalue weighted by molar-refractivity contribution is 0.110. The molecule has 0 aromatic carbocycles. The largest absolute Gasteiger partial charge is 0.378 e. The fraction of sp³-hybridized carbons (Fsp3) is 0.455. The van der Waals surface area contributed by atoms with E-state index in [4.69, 9.17) is 16.3 Å². The quantitative estimate of drug-likeness (QED) is 0.773. The molecule has 2 aromatic rings. The molecule has 0 amide bonds. The van der Waals surface area contributed by atoms with Gasteiger partial charge < -0.3 is 4.74 Å². The van der Waals surface area contributed by atoms with Crippen LogP contribution in [-0.2, 0) is 11.2 Å². The summed E-state index contributed by atoms with van der Waals surface area (Å²) in [5.41, 5.74) is 0. The molecule has 3 heterocycles. The van der Waals surface area contributed by atoms with Gasteiger partial charge in [0, 0.05) is 18.4 Å². The van der Waals surface area contributed by atoms with Crippen molar-refractivity contribution in [3.05, 3.63) is 22.4 Å². The van der Waals surface area contributed by atoms with Gasteiger partial charge in [-0.3, -0.25) is 0 Å². The second-order valence-electron chi connectivity index (χ2n) is 3.91. The first-order chi connectivity index (χ1) is 7.83. The third-order valence-electron chi connectivity index (χ3n) is 2.76. The van der Waals surface area contributed by atoms with Crippen molar-refractivity contribution in [3.63, 3.8) is 0 Å². The van der Waals surface area contributed by atoms with E-state index in [1.54, 1.807) is 11.3 Å². The molecule has 0 N–H and O–H groups in total. The Kier molecular flexibility index (Phi) is 2.79. The Balaban J connectivity index is 1.91. The first-order valence-electron chi connectivity index (χ1n) is 5.34. The summed E-state index contributed by atoms with van der Waals surface area (Å²) >= 11 is 7.70. The van der Waals surface area contributed by atoms with Crippen molar-refractivity contribution in [1.82, 2.24) is 9.97 Å². The van der Waals surface area contributed by atoms with Crippen LogP contribution < -0.4 is 0 Å². The normalized spacial score (nSPS) is 20.7. The molecule has 1 unspecified atom stereocenters. The molecular weight excluding hydrogens is 244 g/mol. The molecule has 1 saturated heterocycles. The van der Waals surface area contributed by atoms with E-state index in [1.165, 1.54) is 0 Å². The van der Waals surface area contributed by atoms with Gasteiger partial charge in [0.1, 0.15) is 15.8 Å². The number of hydrogen-bond acceptors (Lipinski definition) is 4. The van der Waals surface area contributed by atoms with Gasteiger partial charge in [-0.1, -0.05) is 11.6 Å². The summed E-state index contributed by atoms with van der Waals surface area (Å²) in [4.78, 5) is 9.79. The molecule has 1 fully saturated rings. The van der Waals surface area contributed by atoms with Crippen molar-refractivity contribution in [1.29, 1.82) is 0 Å². The number of nitrogens with zero attached hydrogens (tertiary/aromatic N) is 2. The van der Waals surface area contributed by atoms with Crippen molar-refractivity contribution in [3.8, 4) is 0 Å². The van der Waals surface area contributed by atoms with Gasteiger partial charge in [-0.2, -0.15) is 0 Å². The van der Waals surface area contributed by atoms with Crippen LogP contribution in [0.25, 0.3) is 10.2 Å². The summed E-state index contributed by atoms with van der Waals surface area (Å²) in [6.07, 6.45) is 3.28. The van der Waals surface area contributed by atoms with E-state index in [0.29, 0.717) is 5.15 Å². The molecule has 1 atom stereocenters. The smallest absolute Gasteiger partial charge is 0.141 e. The topological polar surface area (TPSA) is 35.0 Å². The lowest BCUT2D eigenvalue weighted by Crippen LogP contribution is -2.11. The maximum absolute atomic E-state index is 6.10. The predicted octanol–water partition coefficient (Wildman–Crippen LogP) is 3.07. The lowest BCUT2D eigenvalue weighted by atomic mass is 10.2. The minimum Gasteiger partial charge on any atom is -0.378 e. The van der Waals surface area contributed by atoms with Crippen LogP contribution in [0.5, 0.6) is 0 Å². The summed E-state index contributed by atoms with van der Waals surface area (Å²) in [6.45, 7) is 0.861. The number of rotatable bonds is 2. The Morgan fingerprint density at radius 3 is 3.25 bits per heavy atom. The SMILES string of the molecule is Clc1nc(CC2CCCO2)nc2sccc12. The highest BCUT2D eigenvalue weighted by molar-refractivity contribution is 7.16. The van der Waals surface area contributed by atoms with Crippen LogP contribution in [0.2, 0.25) is 5.15 Å². The van der Waals surface area contributed by atoms with Crippen LogP contribution in [0.15, 0.2) is 11.4 Å². The second-order valence-corrected chi connectivity index (χ2v) is 5.16. The van der Waals surface area contributed by atoms with Crippen molar-refractivity contribution in [2.75, 3.05) is 6.61 Å². The highest BCUT2D eigenvalue weighted by atomic mass is 35.5. The fourth-order valence-corrected chi connectivity index (χ4v) is 3.05. The summed E-state index contributed by atoms with van der Waals surface area (Å²) < 4.78 is 5.57. The average Bonchev–Trinajstić information content (AvgIpc) is 2.87. The first kappa shape index (κ1) is 10.4. The maximum Gasteiger partial charge on any atom is 0.141 e. The first-order valence-corrected chi connectivity index (χ1v) is 6.60. The third kappa shape index (κ3) is 1.93. The van der Waals surface area contributed by atoms with E-state index in [9.17, 15) is 0 Å². The van der Waals surface area contributed by atoms with Gasteiger partial charge in [-0.25, -0.2) is 9.97 Å². The number of ether oxygens (including phenoxy) is 1. The molecule has 0 saturated carbocycles. The van der Waals surface area contributed by atoms with Crippen LogP contribution in [-0.4, -0.2) is 22.7 Å². The van der Waals surface area contributed by atoms with Gasteiger partial charge >= 0.3 is 0 Å². The van der Waals surface area contributed by atoms with Gasteiger partial charge in [0.05, 0.1) is 6.10 Å². The Morgan fingerprint density at radius 2 is 2.44 bits per heavy atom. The molecule has 16 heavy (non-hydrogen) atoms. The summed E-state index contributed by atoms with van der Waals surface area (Å²) in [5, 5.41) is 3.49. The Morgan fingerprint density at radius 1 is 1.50 bits per heavy atom. The Hall–Kier alpha value is -0.710. The highest BCUT2D eigenvalue weighted by Crippen LogP contribution is 2.25. The van der Waals surface area contributed by atoms with Crippen LogP contribution in [0, 0.1) is 0 Å². The molecule has 1 aliphatic rings. The predicted molar refractivity (Wildman–Crippen MR) is 65.1 cm³/mol. The number of aromatic nitrogens is 2. The van der Waals surface area contributed by atoms with E-state index in [2.05, 4.69) is 9.97 Å². The molecule has 0 bridgehead atoms. The zero-order valence-corrected chi connectivity index (χ0v) is 10.2. The van der Waals surface area contributed by atoms with E-state index in [-0.39, 0.29) is 6.10 Å². The number of thiophene rings is 1. The molecule has 3 rings (SSSR count). The number of hydrogen-bond donors (Lipinski definition) is 0. The standard InChI is InChI=1S/C11H11ClN2OS/c12-10-8-3-5-16-11(8)14-9(13-10)6-7-2-1-4-15-7/h3,5,7H,1-2,4,6H2. The summed E-state index contributed by atoms with van der Waals surface area (Å²) in [5.74, 6) is 0.798. The van der Waals surface area contributed by atoms with Gasteiger partial charge in [-0.05, 0) is 24.3 Å². The monoisotopic (exact) mass is 254 g/mol. The third-order valence-corrected chi connectivity index (χ3v) is 3.85. The summed E-state index contributed by atoms with van der Waals surface area (Å²) in [6, 6.07) is 1.96. The number of halogens is 1. The minimum atomic E-state index is 0.272. The average molecular weight is 255 g/mol. The van der Waals surface area contributed by atoms with E-state index < -0.39 is 0 Å². The molecule has 2 aromatic heterocycles. The van der Waals surface area contributed by atoms with Crippen LogP contribution in [0.3, 0.4) is 0 Å². The van der Waals surface area contributed by atoms with Crippen molar-refractivity contribution >= 4 is 33.2 Å². The zero-order chi connectivity index (χ0) is 11.0. The van der Waals surface area contributed by atoms with Crippen LogP contribution >= 0.6 is 22.9 Å². The second kappa shape index (κ2) is 4.28. The highest BCUT2D eigenvalue weighted by Gasteiger charge is 2.18. The van der Waals surface area contributed by atoms with Crippen LogP contribution in [0.4, 0.5) is 0 Å². The van der Waals surface area contributed by atoms with E-state index >= 15 is 0 Å². The molecular formula is C11H11ClN2OS. The molecule has 84 valence electrons. The minimum absolute atomic E-state index is 0.272. The molecule has 1 aliphatic heterocycles. The fourth-order valence-electron chi connectivity index (χ4n) is 1.96. The van der Waals surface area contributed by atoms with Gasteiger partial charge in [0.2, 0.25) is 0 Å². The van der Waals surface area contributed by atoms with E-state index in [1.807, 2.05) is 11.4 Å². The van der Waals surface area contributed by atoms with Crippen LogP contribution in [0.1, 0.15) is 18.7 Å². The molecule has 0 radical (unpaired) electrons. The van der Waals surface area contributed by atoms with Gasteiger partial charge in [0.25, 0.3) is 0 Å². The maximum atomic E-state index is 6.10. The molecule has 5 heteroatoms. The molecule has 0 aliphatic carbocycles.